The van der Waals surface area contributed by atoms with Gasteiger partial charge in [-0.05, 0) is 18.6 Å². The minimum Gasteiger partial charge on any atom is -0.323 e. The van der Waals surface area contributed by atoms with Gasteiger partial charge in [0.05, 0.1) is 11.3 Å². The van der Waals surface area contributed by atoms with E-state index in [-0.39, 0.29) is 30.3 Å². The summed E-state index contributed by atoms with van der Waals surface area (Å²) in [5.41, 5.74) is 4.65. The van der Waals surface area contributed by atoms with E-state index in [1.54, 1.807) is 0 Å². The molecule has 0 amide bonds. The van der Waals surface area contributed by atoms with Crippen molar-refractivity contribution in [3.05, 3.63) is 35.4 Å². The Morgan fingerprint density at radius 2 is 1.85 bits per heavy atom. The van der Waals surface area contributed by atoms with Crippen LogP contribution in [0.2, 0.25) is 0 Å². The van der Waals surface area contributed by atoms with E-state index in [1.165, 1.54) is 25.1 Å². The molecule has 0 saturated carbocycles. The number of nitrogens with one attached hydrogen (secondary N) is 1. The van der Waals surface area contributed by atoms with Gasteiger partial charge in [0.15, 0.2) is 0 Å². The van der Waals surface area contributed by atoms with Crippen LogP contribution in [0.25, 0.3) is 0 Å². The zero-order chi connectivity index (χ0) is 14.7. The topological polar surface area (TPSA) is 72.2 Å². The summed E-state index contributed by atoms with van der Waals surface area (Å²) in [6, 6.07) is 3.80. The van der Waals surface area contributed by atoms with E-state index in [4.69, 9.17) is 5.73 Å². The van der Waals surface area contributed by atoms with E-state index in [0.29, 0.717) is 0 Å². The van der Waals surface area contributed by atoms with Crippen LogP contribution >= 0.6 is 12.4 Å². The molecular formula is C11H16ClF3N2O2S. The lowest BCUT2D eigenvalue weighted by molar-refractivity contribution is -0.138. The molecule has 20 heavy (non-hydrogen) atoms. The molecule has 0 fully saturated rings. The Morgan fingerprint density at radius 1 is 1.30 bits per heavy atom. The molecular weight excluding hydrogens is 317 g/mol. The maximum Gasteiger partial charge on any atom is 0.416 e. The monoisotopic (exact) mass is 332 g/mol. The molecule has 1 rings (SSSR count). The van der Waals surface area contributed by atoms with E-state index in [1.807, 2.05) is 0 Å². The van der Waals surface area contributed by atoms with Gasteiger partial charge >= 0.3 is 6.18 Å². The van der Waals surface area contributed by atoms with Gasteiger partial charge in [0, 0.05) is 12.6 Å². The SMILES string of the molecule is CCS(=O)(=O)NCC(N)c1ccccc1C(F)(F)F.Cl. The highest BCUT2D eigenvalue weighted by Gasteiger charge is 2.34. The first kappa shape index (κ1) is 19.2. The maximum absolute atomic E-state index is 12.8. The second-order valence-electron chi connectivity index (χ2n) is 3.94. The Balaban J connectivity index is 0.00000361. The van der Waals surface area contributed by atoms with Crippen LogP contribution in [0.1, 0.15) is 24.1 Å². The average Bonchev–Trinajstić information content (AvgIpc) is 2.35. The van der Waals surface area contributed by atoms with Gasteiger partial charge in [0.1, 0.15) is 0 Å². The van der Waals surface area contributed by atoms with Crippen LogP contribution in [0.15, 0.2) is 24.3 Å². The first-order valence-corrected chi connectivity index (χ1v) is 7.21. The largest absolute Gasteiger partial charge is 0.416 e. The number of rotatable bonds is 5. The van der Waals surface area contributed by atoms with Gasteiger partial charge in [-0.15, -0.1) is 12.4 Å². The molecule has 4 nitrogen and oxygen atoms in total. The highest BCUT2D eigenvalue weighted by atomic mass is 35.5. The fourth-order valence-electron chi connectivity index (χ4n) is 1.51. The third-order valence-corrected chi connectivity index (χ3v) is 3.94. The summed E-state index contributed by atoms with van der Waals surface area (Å²) < 4.78 is 62.9. The van der Waals surface area contributed by atoms with Crippen molar-refractivity contribution in [3.8, 4) is 0 Å². The predicted molar refractivity (Wildman–Crippen MR) is 73.1 cm³/mol. The van der Waals surface area contributed by atoms with Gasteiger partial charge in [-0.3, -0.25) is 0 Å². The van der Waals surface area contributed by atoms with Crippen LogP contribution in [0.5, 0.6) is 0 Å². The van der Waals surface area contributed by atoms with Crippen LogP contribution < -0.4 is 10.5 Å². The van der Waals surface area contributed by atoms with E-state index in [0.717, 1.165) is 6.07 Å². The first-order valence-electron chi connectivity index (χ1n) is 5.56. The fourth-order valence-corrected chi connectivity index (χ4v) is 2.14. The molecule has 0 bridgehead atoms. The third-order valence-electron chi connectivity index (χ3n) is 2.57. The summed E-state index contributed by atoms with van der Waals surface area (Å²) in [7, 11) is -3.48. The van der Waals surface area contributed by atoms with Crippen molar-refractivity contribution in [1.29, 1.82) is 0 Å². The molecule has 9 heteroatoms. The lowest BCUT2D eigenvalue weighted by Gasteiger charge is -2.18. The van der Waals surface area contributed by atoms with Crippen molar-refractivity contribution in [2.24, 2.45) is 5.73 Å². The number of nitrogens with two attached hydrogens (primary N) is 1. The second-order valence-corrected chi connectivity index (χ2v) is 6.04. The molecule has 3 N–H and O–H groups in total. The average molecular weight is 333 g/mol. The van der Waals surface area contributed by atoms with Gasteiger partial charge < -0.3 is 5.73 Å². The highest BCUT2D eigenvalue weighted by molar-refractivity contribution is 7.89. The zero-order valence-corrected chi connectivity index (χ0v) is 12.3. The molecule has 0 saturated heterocycles. The van der Waals surface area contributed by atoms with Crippen molar-refractivity contribution in [2.45, 2.75) is 19.1 Å². The van der Waals surface area contributed by atoms with Crippen molar-refractivity contribution < 1.29 is 21.6 Å². The Labute approximate surface area is 122 Å². The van der Waals surface area contributed by atoms with Gasteiger partial charge in [0.25, 0.3) is 0 Å². The van der Waals surface area contributed by atoms with Gasteiger partial charge in [-0.25, -0.2) is 13.1 Å². The Hall–Kier alpha value is -0.830. The zero-order valence-electron chi connectivity index (χ0n) is 10.6. The Morgan fingerprint density at radius 3 is 2.35 bits per heavy atom. The number of hydrogen-bond donors (Lipinski definition) is 2. The normalized spacial score (nSPS) is 13.7. The minimum absolute atomic E-state index is 0. The van der Waals surface area contributed by atoms with Crippen LogP contribution in [-0.2, 0) is 16.2 Å². The summed E-state index contributed by atoms with van der Waals surface area (Å²) in [6.45, 7) is 1.15. The highest BCUT2D eigenvalue weighted by Crippen LogP contribution is 2.33. The first-order chi connectivity index (χ1) is 8.67. The fraction of sp³-hybridized carbons (Fsp3) is 0.455. The molecule has 0 aromatic heterocycles. The van der Waals surface area contributed by atoms with E-state index in [9.17, 15) is 21.6 Å². The van der Waals surface area contributed by atoms with Gasteiger partial charge in [-0.2, -0.15) is 13.2 Å². The standard InChI is InChI=1S/C11H15F3N2O2S.ClH/c1-2-19(17,18)16-7-10(15)8-5-3-4-6-9(8)11(12,13)14;/h3-6,10,16H,2,7,15H2,1H3;1H. The van der Waals surface area contributed by atoms with Crippen molar-refractivity contribution in [3.63, 3.8) is 0 Å². The molecule has 116 valence electrons. The van der Waals surface area contributed by atoms with E-state index < -0.39 is 27.8 Å². The van der Waals surface area contributed by atoms with E-state index in [2.05, 4.69) is 4.72 Å². The third kappa shape index (κ3) is 5.28. The van der Waals surface area contributed by atoms with Crippen molar-refractivity contribution in [1.82, 2.24) is 4.72 Å². The number of alkyl halides is 3. The molecule has 0 spiro atoms. The van der Waals surface area contributed by atoms with Gasteiger partial charge in [-0.1, -0.05) is 18.2 Å². The summed E-state index contributed by atoms with van der Waals surface area (Å²) in [5.74, 6) is -0.152. The second kappa shape index (κ2) is 7.26. The predicted octanol–water partition coefficient (Wildman–Crippen LogP) is 2.07. The molecule has 0 heterocycles. The molecule has 1 aromatic rings. The maximum atomic E-state index is 12.8. The lowest BCUT2D eigenvalue weighted by atomic mass is 10.0. The minimum atomic E-state index is -4.52. The number of benzene rings is 1. The number of sulfonamides is 1. The molecule has 0 aliphatic rings. The van der Waals surface area contributed by atoms with Gasteiger partial charge in [0.2, 0.25) is 10.0 Å². The Kier molecular flexibility index (Phi) is 6.96. The van der Waals surface area contributed by atoms with Crippen molar-refractivity contribution in [2.75, 3.05) is 12.3 Å². The van der Waals surface area contributed by atoms with Crippen LogP contribution in [0.3, 0.4) is 0 Å². The Bertz CT molecular complexity index is 535. The molecule has 1 atom stereocenters. The van der Waals surface area contributed by atoms with Crippen LogP contribution in [0.4, 0.5) is 13.2 Å². The number of halogens is 4. The molecule has 0 aliphatic heterocycles. The summed E-state index contributed by atoms with van der Waals surface area (Å²) in [5, 5.41) is 0. The van der Waals surface area contributed by atoms with Crippen molar-refractivity contribution >= 4 is 22.4 Å². The smallest absolute Gasteiger partial charge is 0.323 e. The lowest BCUT2D eigenvalue weighted by Crippen LogP contribution is -2.33. The molecule has 1 unspecified atom stereocenters. The van der Waals surface area contributed by atoms with E-state index >= 15 is 0 Å². The molecule has 0 radical (unpaired) electrons. The van der Waals surface area contributed by atoms with Crippen LogP contribution in [-0.4, -0.2) is 20.7 Å². The number of hydrogen-bond acceptors (Lipinski definition) is 3. The summed E-state index contributed by atoms with van der Waals surface area (Å²) >= 11 is 0. The summed E-state index contributed by atoms with van der Waals surface area (Å²) in [4.78, 5) is 0. The molecule has 0 aliphatic carbocycles. The van der Waals surface area contributed by atoms with Crippen LogP contribution in [0, 0.1) is 0 Å². The summed E-state index contributed by atoms with van der Waals surface area (Å²) in [6.07, 6.45) is -4.52. The molecule has 1 aromatic carbocycles. The quantitative estimate of drug-likeness (QED) is 0.867.